The van der Waals surface area contributed by atoms with Crippen molar-refractivity contribution in [2.75, 3.05) is 17.1 Å². The van der Waals surface area contributed by atoms with E-state index in [0.29, 0.717) is 10.6 Å². The average Bonchev–Trinajstić information content (AvgIpc) is 3.28. The maximum Gasteiger partial charge on any atom is 0.244 e. The first-order chi connectivity index (χ1) is 16.1. The molecule has 1 saturated carbocycles. The van der Waals surface area contributed by atoms with Crippen LogP contribution in [-0.4, -0.2) is 50.0 Å². The van der Waals surface area contributed by atoms with Gasteiger partial charge in [0, 0.05) is 17.6 Å². The molecule has 0 radical (unpaired) electrons. The highest BCUT2D eigenvalue weighted by molar-refractivity contribution is 7.92. The highest BCUT2D eigenvalue weighted by Gasteiger charge is 2.31. The van der Waals surface area contributed by atoms with E-state index in [1.54, 1.807) is 31.2 Å². The van der Waals surface area contributed by atoms with E-state index in [9.17, 15) is 22.4 Å². The molecular formula is C24H29ClFN3O4S. The lowest BCUT2D eigenvalue weighted by atomic mass is 10.1. The molecule has 0 heterocycles. The van der Waals surface area contributed by atoms with E-state index < -0.39 is 34.3 Å². The molecule has 1 N–H and O–H groups in total. The Bertz CT molecular complexity index is 1140. The topological polar surface area (TPSA) is 86.8 Å². The van der Waals surface area contributed by atoms with Crippen molar-refractivity contribution in [3.63, 3.8) is 0 Å². The van der Waals surface area contributed by atoms with E-state index in [1.165, 1.54) is 23.1 Å². The Balaban J connectivity index is 1.89. The number of halogens is 2. The van der Waals surface area contributed by atoms with Gasteiger partial charge in [0.25, 0.3) is 0 Å². The minimum Gasteiger partial charge on any atom is -0.352 e. The molecule has 0 aliphatic heterocycles. The van der Waals surface area contributed by atoms with Gasteiger partial charge < -0.3 is 10.2 Å². The fraction of sp³-hybridized carbons (Fsp3) is 0.417. The molecule has 0 bridgehead atoms. The monoisotopic (exact) mass is 509 g/mol. The Kier molecular flexibility index (Phi) is 8.54. The molecule has 2 amide bonds. The minimum atomic E-state index is -3.92. The van der Waals surface area contributed by atoms with Crippen molar-refractivity contribution in [1.29, 1.82) is 0 Å². The third-order valence-corrected chi connectivity index (χ3v) is 7.45. The van der Waals surface area contributed by atoms with Gasteiger partial charge in [0.05, 0.1) is 11.9 Å². The summed E-state index contributed by atoms with van der Waals surface area (Å²) in [6.45, 7) is 1.03. The van der Waals surface area contributed by atoms with Crippen molar-refractivity contribution in [3.05, 3.63) is 64.9 Å². The van der Waals surface area contributed by atoms with Crippen LogP contribution in [0.3, 0.4) is 0 Å². The fourth-order valence-electron chi connectivity index (χ4n) is 4.03. The zero-order valence-electron chi connectivity index (χ0n) is 19.2. The predicted octanol–water partition coefficient (Wildman–Crippen LogP) is 3.72. The van der Waals surface area contributed by atoms with Crippen LogP contribution in [0.2, 0.25) is 5.02 Å². The Morgan fingerprint density at radius 2 is 1.82 bits per heavy atom. The molecule has 3 rings (SSSR count). The second-order valence-electron chi connectivity index (χ2n) is 8.53. The molecule has 2 aromatic rings. The highest BCUT2D eigenvalue weighted by atomic mass is 35.5. The van der Waals surface area contributed by atoms with Gasteiger partial charge in [0.15, 0.2) is 0 Å². The number of rotatable bonds is 9. The van der Waals surface area contributed by atoms with Gasteiger partial charge in [-0.15, -0.1) is 0 Å². The molecule has 1 aliphatic rings. The van der Waals surface area contributed by atoms with Gasteiger partial charge in [-0.1, -0.05) is 48.7 Å². The molecule has 184 valence electrons. The highest BCUT2D eigenvalue weighted by Crippen LogP contribution is 2.23. The van der Waals surface area contributed by atoms with Crippen LogP contribution >= 0.6 is 11.6 Å². The molecule has 0 unspecified atom stereocenters. The Morgan fingerprint density at radius 3 is 2.44 bits per heavy atom. The number of nitrogens with zero attached hydrogens (tertiary/aromatic N) is 2. The molecule has 1 fully saturated rings. The van der Waals surface area contributed by atoms with Crippen LogP contribution in [0.4, 0.5) is 10.1 Å². The molecule has 34 heavy (non-hydrogen) atoms. The molecular weight excluding hydrogens is 481 g/mol. The zero-order valence-corrected chi connectivity index (χ0v) is 20.8. The first-order valence-electron chi connectivity index (χ1n) is 11.1. The van der Waals surface area contributed by atoms with Crippen LogP contribution in [0.25, 0.3) is 0 Å². The summed E-state index contributed by atoms with van der Waals surface area (Å²) in [5, 5.41) is 3.41. The van der Waals surface area contributed by atoms with Crippen LogP contribution < -0.4 is 9.62 Å². The van der Waals surface area contributed by atoms with Crippen molar-refractivity contribution in [2.45, 2.75) is 51.2 Å². The number of benzene rings is 2. The average molecular weight is 510 g/mol. The van der Waals surface area contributed by atoms with E-state index in [0.717, 1.165) is 42.3 Å². The smallest absolute Gasteiger partial charge is 0.244 e. The van der Waals surface area contributed by atoms with Gasteiger partial charge in [0.1, 0.15) is 18.4 Å². The summed E-state index contributed by atoms with van der Waals surface area (Å²) < 4.78 is 39.6. The maximum atomic E-state index is 13.8. The first-order valence-corrected chi connectivity index (χ1v) is 13.4. The van der Waals surface area contributed by atoms with Gasteiger partial charge in [-0.3, -0.25) is 13.9 Å². The van der Waals surface area contributed by atoms with E-state index in [4.69, 9.17) is 11.6 Å². The van der Waals surface area contributed by atoms with Gasteiger partial charge in [0.2, 0.25) is 21.8 Å². The maximum absolute atomic E-state index is 13.8. The minimum absolute atomic E-state index is 0.0124. The largest absolute Gasteiger partial charge is 0.352 e. The Hall–Kier alpha value is -2.65. The predicted molar refractivity (Wildman–Crippen MR) is 130 cm³/mol. The first kappa shape index (κ1) is 26.0. The lowest BCUT2D eigenvalue weighted by molar-refractivity contribution is -0.139. The molecule has 1 atom stereocenters. The van der Waals surface area contributed by atoms with Crippen molar-refractivity contribution in [3.8, 4) is 0 Å². The van der Waals surface area contributed by atoms with Crippen LogP contribution in [0, 0.1) is 5.82 Å². The second-order valence-corrected chi connectivity index (χ2v) is 10.8. The Morgan fingerprint density at radius 1 is 1.15 bits per heavy atom. The summed E-state index contributed by atoms with van der Waals surface area (Å²) in [7, 11) is -3.92. The van der Waals surface area contributed by atoms with Gasteiger partial charge in [-0.25, -0.2) is 12.8 Å². The number of hydrogen-bond acceptors (Lipinski definition) is 4. The van der Waals surface area contributed by atoms with Crippen molar-refractivity contribution in [2.24, 2.45) is 0 Å². The van der Waals surface area contributed by atoms with Crippen LogP contribution in [0.1, 0.15) is 38.2 Å². The van der Waals surface area contributed by atoms with Gasteiger partial charge in [-0.2, -0.15) is 0 Å². The normalized spacial score (nSPS) is 15.1. The quantitative estimate of drug-likeness (QED) is 0.558. The number of nitrogens with one attached hydrogen (secondary N) is 1. The number of sulfonamides is 1. The van der Waals surface area contributed by atoms with E-state index in [-0.39, 0.29) is 24.2 Å². The lowest BCUT2D eigenvalue weighted by Crippen LogP contribution is -2.52. The van der Waals surface area contributed by atoms with E-state index in [1.807, 2.05) is 0 Å². The van der Waals surface area contributed by atoms with Gasteiger partial charge in [-0.05, 0) is 49.6 Å². The second kappa shape index (κ2) is 11.2. The number of carbonyl (C=O) groups is 2. The molecule has 1 aliphatic carbocycles. The molecule has 10 heteroatoms. The standard InChI is InChI=1S/C24H29ClFN3O4S/c1-17(24(31)27-20-10-4-5-11-20)28(15-18-8-3-6-13-22(18)25)23(30)16-29(34(2,32)33)21-12-7-9-19(26)14-21/h3,6-9,12-14,17,20H,4-5,10-11,15-16H2,1-2H3,(H,27,31)/t17-/m0/s1. The van der Waals surface area contributed by atoms with Crippen molar-refractivity contribution >= 4 is 39.1 Å². The van der Waals surface area contributed by atoms with Crippen molar-refractivity contribution < 1.29 is 22.4 Å². The SMILES string of the molecule is C[C@@H](C(=O)NC1CCCC1)N(Cc1ccccc1Cl)C(=O)CN(c1cccc(F)c1)S(C)(=O)=O. The van der Waals surface area contributed by atoms with E-state index >= 15 is 0 Å². The molecule has 2 aromatic carbocycles. The summed E-state index contributed by atoms with van der Waals surface area (Å²) in [5.41, 5.74) is 0.645. The molecule has 7 nitrogen and oxygen atoms in total. The summed E-state index contributed by atoms with van der Waals surface area (Å²) in [5.74, 6) is -1.55. The number of hydrogen-bond donors (Lipinski definition) is 1. The van der Waals surface area contributed by atoms with Crippen LogP contribution in [-0.2, 0) is 26.2 Å². The molecule has 0 aromatic heterocycles. The third kappa shape index (κ3) is 6.70. The summed E-state index contributed by atoms with van der Waals surface area (Å²) in [4.78, 5) is 27.8. The van der Waals surface area contributed by atoms with Crippen LogP contribution in [0.5, 0.6) is 0 Å². The number of amides is 2. The third-order valence-electron chi connectivity index (χ3n) is 5.94. The number of anilines is 1. The van der Waals surface area contributed by atoms with Gasteiger partial charge >= 0.3 is 0 Å². The van der Waals surface area contributed by atoms with Crippen molar-refractivity contribution in [1.82, 2.24) is 10.2 Å². The summed E-state index contributed by atoms with van der Waals surface area (Å²) in [6, 6.07) is 11.1. The Labute approximate surface area is 204 Å². The summed E-state index contributed by atoms with van der Waals surface area (Å²) in [6.07, 6.45) is 4.80. The number of carbonyl (C=O) groups excluding carboxylic acids is 2. The van der Waals surface area contributed by atoms with Crippen LogP contribution in [0.15, 0.2) is 48.5 Å². The lowest BCUT2D eigenvalue weighted by Gasteiger charge is -2.32. The summed E-state index contributed by atoms with van der Waals surface area (Å²) >= 11 is 6.30. The molecule has 0 spiro atoms. The molecule has 0 saturated heterocycles. The van der Waals surface area contributed by atoms with E-state index in [2.05, 4.69) is 5.32 Å². The fourth-order valence-corrected chi connectivity index (χ4v) is 5.07. The zero-order chi connectivity index (χ0) is 24.9.